The summed E-state index contributed by atoms with van der Waals surface area (Å²) in [4.78, 5) is 24.2. The molecule has 0 radical (unpaired) electrons. The fourth-order valence-electron chi connectivity index (χ4n) is 2.47. The Labute approximate surface area is 175 Å². The van der Waals surface area contributed by atoms with E-state index >= 15 is 0 Å². The summed E-state index contributed by atoms with van der Waals surface area (Å²) in [7, 11) is 0. The molecule has 0 atom stereocenters. The fourth-order valence-corrected chi connectivity index (χ4v) is 3.63. The van der Waals surface area contributed by atoms with E-state index in [1.807, 2.05) is 43.3 Å². The van der Waals surface area contributed by atoms with Crippen molar-refractivity contribution in [3.05, 3.63) is 74.7 Å². The van der Waals surface area contributed by atoms with Gasteiger partial charge in [0.15, 0.2) is 0 Å². The van der Waals surface area contributed by atoms with Gasteiger partial charge in [-0.1, -0.05) is 63.2 Å². The zero-order valence-corrected chi connectivity index (χ0v) is 17.6. The minimum absolute atomic E-state index is 0.130. The monoisotopic (exact) mass is 458 g/mol. The Kier molecular flexibility index (Phi) is 6.89. The normalized spacial score (nSPS) is 10.5. The van der Waals surface area contributed by atoms with E-state index < -0.39 is 0 Å². The molecule has 2 N–H and O–H groups in total. The number of hydrogen-bond acceptors (Lipinski definition) is 5. The van der Waals surface area contributed by atoms with E-state index in [0.29, 0.717) is 23.7 Å². The van der Waals surface area contributed by atoms with Crippen LogP contribution in [0, 0.1) is 6.92 Å². The summed E-state index contributed by atoms with van der Waals surface area (Å²) in [5.41, 5.74) is 2.70. The number of rotatable bonds is 7. The number of nitrogens with zero attached hydrogens (tertiary/aromatic N) is 2. The number of carbonyl (C=O) groups excluding carboxylic acids is 2. The third-order valence-corrected chi connectivity index (χ3v) is 5.30. The highest BCUT2D eigenvalue weighted by molar-refractivity contribution is 9.10. The van der Waals surface area contributed by atoms with Gasteiger partial charge < -0.3 is 10.6 Å². The maximum absolute atomic E-state index is 12.1. The number of aryl methyl sites for hydroxylation is 1. The van der Waals surface area contributed by atoms with Crippen molar-refractivity contribution in [2.24, 2.45) is 0 Å². The van der Waals surface area contributed by atoms with Crippen LogP contribution in [0.2, 0.25) is 0 Å². The Morgan fingerprint density at radius 3 is 2.64 bits per heavy atom. The first-order valence-corrected chi connectivity index (χ1v) is 10.3. The van der Waals surface area contributed by atoms with Crippen molar-refractivity contribution in [2.45, 2.75) is 19.8 Å². The van der Waals surface area contributed by atoms with Crippen LogP contribution in [0.5, 0.6) is 0 Å². The first-order valence-electron chi connectivity index (χ1n) is 8.71. The van der Waals surface area contributed by atoms with E-state index in [2.05, 4.69) is 36.8 Å². The highest BCUT2D eigenvalue weighted by Gasteiger charge is 2.10. The van der Waals surface area contributed by atoms with Crippen LogP contribution in [0.15, 0.2) is 53.0 Å². The maximum Gasteiger partial charge on any atom is 0.251 e. The van der Waals surface area contributed by atoms with Crippen LogP contribution in [0.3, 0.4) is 0 Å². The molecule has 0 bridgehead atoms. The van der Waals surface area contributed by atoms with Gasteiger partial charge in [0.25, 0.3) is 5.91 Å². The molecule has 0 fully saturated rings. The first-order chi connectivity index (χ1) is 13.5. The zero-order valence-electron chi connectivity index (χ0n) is 15.2. The van der Waals surface area contributed by atoms with Crippen molar-refractivity contribution >= 4 is 44.2 Å². The average Bonchev–Trinajstić information content (AvgIpc) is 3.10. The Hall–Kier alpha value is -2.58. The lowest BCUT2D eigenvalue weighted by Crippen LogP contribution is -2.25. The van der Waals surface area contributed by atoms with E-state index in [9.17, 15) is 9.59 Å². The topological polar surface area (TPSA) is 84.0 Å². The number of aromatic nitrogens is 2. The fraction of sp³-hybridized carbons (Fsp3) is 0.200. The summed E-state index contributed by atoms with van der Waals surface area (Å²) < 4.78 is 0.857. The molecule has 0 aliphatic rings. The molecule has 0 saturated heterocycles. The molecule has 3 rings (SSSR count). The molecule has 0 aliphatic carbocycles. The van der Waals surface area contributed by atoms with E-state index in [4.69, 9.17) is 0 Å². The Bertz CT molecular complexity index is 972. The molecule has 2 amide bonds. The van der Waals surface area contributed by atoms with Crippen molar-refractivity contribution in [2.75, 3.05) is 11.9 Å². The Morgan fingerprint density at radius 2 is 1.89 bits per heavy atom. The number of carbonyl (C=O) groups is 2. The predicted octanol–water partition coefficient (Wildman–Crippen LogP) is 3.76. The van der Waals surface area contributed by atoms with Gasteiger partial charge in [0, 0.05) is 23.0 Å². The zero-order chi connectivity index (χ0) is 19.9. The van der Waals surface area contributed by atoms with Crippen LogP contribution in [0.4, 0.5) is 5.13 Å². The van der Waals surface area contributed by atoms with Gasteiger partial charge in [0.1, 0.15) is 5.01 Å². The molecule has 144 valence electrons. The summed E-state index contributed by atoms with van der Waals surface area (Å²) in [5.74, 6) is -0.271. The standard InChI is InChI=1S/C20H19BrN4O2S/c1-13-5-7-14(8-6-13)11-17(26)23-20-25-24-18(28-20)9-10-22-19(27)15-3-2-4-16(21)12-15/h2-8,12H,9-11H2,1H3,(H,22,27)(H,23,25,26). The first kappa shape index (κ1) is 20.2. The molecule has 0 aliphatic heterocycles. The number of anilines is 1. The number of nitrogens with one attached hydrogen (secondary N) is 2. The number of benzene rings is 2. The second-order valence-corrected chi connectivity index (χ2v) is 8.21. The molecule has 0 unspecified atom stereocenters. The Balaban J connectivity index is 1.45. The SMILES string of the molecule is Cc1ccc(CC(=O)Nc2nnc(CCNC(=O)c3cccc(Br)c3)s2)cc1. The third kappa shape index (κ3) is 5.97. The van der Waals surface area contributed by atoms with Crippen LogP contribution < -0.4 is 10.6 Å². The summed E-state index contributed by atoms with van der Waals surface area (Å²) in [6.45, 7) is 2.45. The van der Waals surface area contributed by atoms with Crippen molar-refractivity contribution < 1.29 is 9.59 Å². The minimum Gasteiger partial charge on any atom is -0.352 e. The quantitative estimate of drug-likeness (QED) is 0.564. The second kappa shape index (κ2) is 9.57. The second-order valence-electron chi connectivity index (χ2n) is 6.23. The van der Waals surface area contributed by atoms with Gasteiger partial charge >= 0.3 is 0 Å². The lowest BCUT2D eigenvalue weighted by Gasteiger charge is -2.04. The summed E-state index contributed by atoms with van der Waals surface area (Å²) >= 11 is 4.66. The molecule has 28 heavy (non-hydrogen) atoms. The summed E-state index contributed by atoms with van der Waals surface area (Å²) in [6.07, 6.45) is 0.836. The molecule has 3 aromatic rings. The average molecular weight is 459 g/mol. The summed E-state index contributed by atoms with van der Waals surface area (Å²) in [6, 6.07) is 15.0. The molecule has 0 saturated carbocycles. The number of hydrogen-bond donors (Lipinski definition) is 2. The van der Waals surface area contributed by atoms with Crippen LogP contribution in [-0.2, 0) is 17.6 Å². The molecule has 1 heterocycles. The number of amides is 2. The highest BCUT2D eigenvalue weighted by atomic mass is 79.9. The van der Waals surface area contributed by atoms with Gasteiger partial charge in [0.2, 0.25) is 11.0 Å². The van der Waals surface area contributed by atoms with Crippen molar-refractivity contribution in [1.82, 2.24) is 15.5 Å². The van der Waals surface area contributed by atoms with Crippen molar-refractivity contribution in [1.29, 1.82) is 0 Å². The molecule has 1 aromatic heterocycles. The maximum atomic E-state index is 12.1. The largest absolute Gasteiger partial charge is 0.352 e. The van der Waals surface area contributed by atoms with E-state index in [-0.39, 0.29) is 18.2 Å². The molecular formula is C20H19BrN4O2S. The van der Waals surface area contributed by atoms with E-state index in [1.165, 1.54) is 11.3 Å². The lowest BCUT2D eigenvalue weighted by atomic mass is 10.1. The van der Waals surface area contributed by atoms with Gasteiger partial charge in [-0.25, -0.2) is 0 Å². The van der Waals surface area contributed by atoms with Crippen LogP contribution in [-0.4, -0.2) is 28.6 Å². The highest BCUT2D eigenvalue weighted by Crippen LogP contribution is 2.16. The van der Waals surface area contributed by atoms with Crippen LogP contribution >= 0.6 is 27.3 Å². The molecule has 2 aromatic carbocycles. The molecular weight excluding hydrogens is 440 g/mol. The molecule has 8 heteroatoms. The van der Waals surface area contributed by atoms with Crippen LogP contribution in [0.1, 0.15) is 26.5 Å². The third-order valence-electron chi connectivity index (χ3n) is 3.91. The molecule has 6 nitrogen and oxygen atoms in total. The van der Waals surface area contributed by atoms with Gasteiger partial charge in [-0.05, 0) is 30.7 Å². The Morgan fingerprint density at radius 1 is 1.11 bits per heavy atom. The van der Waals surface area contributed by atoms with Crippen LogP contribution in [0.25, 0.3) is 0 Å². The van der Waals surface area contributed by atoms with Gasteiger partial charge in [-0.2, -0.15) is 0 Å². The minimum atomic E-state index is -0.141. The van der Waals surface area contributed by atoms with E-state index in [0.717, 1.165) is 20.6 Å². The van der Waals surface area contributed by atoms with Gasteiger partial charge in [0.05, 0.1) is 6.42 Å². The predicted molar refractivity (Wildman–Crippen MR) is 114 cm³/mol. The van der Waals surface area contributed by atoms with Crippen molar-refractivity contribution in [3.8, 4) is 0 Å². The molecule has 0 spiro atoms. The summed E-state index contributed by atoms with van der Waals surface area (Å²) in [5, 5.41) is 14.9. The van der Waals surface area contributed by atoms with Gasteiger partial charge in [-0.15, -0.1) is 10.2 Å². The smallest absolute Gasteiger partial charge is 0.251 e. The van der Waals surface area contributed by atoms with Gasteiger partial charge in [-0.3, -0.25) is 9.59 Å². The number of halogens is 1. The van der Waals surface area contributed by atoms with E-state index in [1.54, 1.807) is 12.1 Å². The lowest BCUT2D eigenvalue weighted by molar-refractivity contribution is -0.115. The van der Waals surface area contributed by atoms with Crippen molar-refractivity contribution in [3.63, 3.8) is 0 Å².